The molecular weight excluding hydrogens is 288 g/mol. The SMILES string of the molecule is CCc1ccc(NS(=O)(=O)c2c(CNC)n[nH]c2C)cc1. The van der Waals surface area contributed by atoms with Gasteiger partial charge in [-0.2, -0.15) is 5.10 Å². The summed E-state index contributed by atoms with van der Waals surface area (Å²) in [5.74, 6) is 0. The van der Waals surface area contributed by atoms with Crippen molar-refractivity contribution in [2.45, 2.75) is 31.7 Å². The van der Waals surface area contributed by atoms with Crippen molar-refractivity contribution in [3.63, 3.8) is 0 Å². The Kier molecular flexibility index (Phi) is 4.64. The van der Waals surface area contributed by atoms with Gasteiger partial charge in [-0.1, -0.05) is 19.1 Å². The van der Waals surface area contributed by atoms with Gasteiger partial charge in [-0.15, -0.1) is 0 Å². The molecule has 0 atom stereocenters. The van der Waals surface area contributed by atoms with Gasteiger partial charge in [-0.05, 0) is 38.1 Å². The molecule has 0 unspecified atom stereocenters. The van der Waals surface area contributed by atoms with Crippen LogP contribution in [-0.2, 0) is 23.0 Å². The van der Waals surface area contributed by atoms with Crippen LogP contribution in [0, 0.1) is 6.92 Å². The zero-order valence-corrected chi connectivity index (χ0v) is 13.2. The van der Waals surface area contributed by atoms with Gasteiger partial charge >= 0.3 is 0 Å². The Morgan fingerprint density at radius 2 is 1.90 bits per heavy atom. The van der Waals surface area contributed by atoms with Crippen molar-refractivity contribution >= 4 is 15.7 Å². The molecule has 0 fully saturated rings. The first-order valence-corrected chi connectivity index (χ1v) is 8.26. The molecule has 3 N–H and O–H groups in total. The van der Waals surface area contributed by atoms with Crippen molar-refractivity contribution in [1.29, 1.82) is 0 Å². The normalized spacial score (nSPS) is 11.6. The zero-order chi connectivity index (χ0) is 15.5. The first-order valence-electron chi connectivity index (χ1n) is 6.78. The smallest absolute Gasteiger partial charge is 0.265 e. The second kappa shape index (κ2) is 6.28. The van der Waals surface area contributed by atoms with E-state index in [0.717, 1.165) is 12.0 Å². The van der Waals surface area contributed by atoms with Gasteiger partial charge in [0.2, 0.25) is 0 Å². The first-order chi connectivity index (χ1) is 9.97. The maximum Gasteiger partial charge on any atom is 0.265 e. The predicted molar refractivity (Wildman–Crippen MR) is 82.7 cm³/mol. The van der Waals surface area contributed by atoms with Gasteiger partial charge in [0.25, 0.3) is 10.0 Å². The number of aromatic nitrogens is 2. The Morgan fingerprint density at radius 1 is 1.24 bits per heavy atom. The molecule has 2 aromatic rings. The molecule has 6 nitrogen and oxygen atoms in total. The van der Waals surface area contributed by atoms with Crippen LogP contribution in [0.2, 0.25) is 0 Å². The number of hydrogen-bond acceptors (Lipinski definition) is 4. The second-order valence-electron chi connectivity index (χ2n) is 4.81. The molecule has 0 bridgehead atoms. The number of nitrogens with one attached hydrogen (secondary N) is 3. The van der Waals surface area contributed by atoms with Gasteiger partial charge in [-0.3, -0.25) is 9.82 Å². The van der Waals surface area contributed by atoms with E-state index < -0.39 is 10.0 Å². The molecule has 0 aliphatic heterocycles. The summed E-state index contributed by atoms with van der Waals surface area (Å²) in [7, 11) is -1.91. The van der Waals surface area contributed by atoms with Gasteiger partial charge in [0.15, 0.2) is 0 Å². The van der Waals surface area contributed by atoms with Gasteiger partial charge in [0, 0.05) is 12.2 Å². The summed E-state index contributed by atoms with van der Waals surface area (Å²) in [4.78, 5) is 0.205. The third kappa shape index (κ3) is 3.43. The molecule has 0 aliphatic carbocycles. The molecule has 1 aromatic heterocycles. The lowest BCUT2D eigenvalue weighted by atomic mass is 10.2. The van der Waals surface area contributed by atoms with E-state index in [0.29, 0.717) is 23.6 Å². The summed E-state index contributed by atoms with van der Waals surface area (Å²) in [5, 5.41) is 9.67. The Balaban J connectivity index is 2.31. The maximum absolute atomic E-state index is 12.5. The van der Waals surface area contributed by atoms with Gasteiger partial charge < -0.3 is 5.32 Å². The number of rotatable bonds is 6. The van der Waals surface area contributed by atoms with Crippen molar-refractivity contribution in [3.8, 4) is 0 Å². The number of aryl methyl sites for hydroxylation is 2. The molecule has 21 heavy (non-hydrogen) atoms. The Bertz CT molecular complexity index is 705. The molecule has 1 heterocycles. The lowest BCUT2D eigenvalue weighted by Gasteiger charge is -2.09. The summed E-state index contributed by atoms with van der Waals surface area (Å²) in [6, 6.07) is 7.36. The first kappa shape index (κ1) is 15.5. The summed E-state index contributed by atoms with van der Waals surface area (Å²) >= 11 is 0. The summed E-state index contributed by atoms with van der Waals surface area (Å²) in [5.41, 5.74) is 2.71. The fraction of sp³-hybridized carbons (Fsp3) is 0.357. The Labute approximate surface area is 125 Å². The average Bonchev–Trinajstić information content (AvgIpc) is 2.81. The van der Waals surface area contributed by atoms with Crippen LogP contribution in [0.1, 0.15) is 23.9 Å². The highest BCUT2D eigenvalue weighted by Crippen LogP contribution is 2.21. The largest absolute Gasteiger partial charge is 0.314 e. The third-order valence-corrected chi connectivity index (χ3v) is 4.77. The highest BCUT2D eigenvalue weighted by molar-refractivity contribution is 7.92. The number of hydrogen-bond donors (Lipinski definition) is 3. The number of aromatic amines is 1. The minimum atomic E-state index is -3.66. The molecule has 0 saturated heterocycles. The highest BCUT2D eigenvalue weighted by atomic mass is 32.2. The molecule has 0 aliphatic rings. The minimum absolute atomic E-state index is 0.205. The maximum atomic E-state index is 12.5. The lowest BCUT2D eigenvalue weighted by molar-refractivity contribution is 0.598. The van der Waals surface area contributed by atoms with E-state index in [-0.39, 0.29) is 4.90 Å². The van der Waals surface area contributed by atoms with Crippen LogP contribution in [0.3, 0.4) is 0 Å². The second-order valence-corrected chi connectivity index (χ2v) is 6.43. The molecule has 7 heteroatoms. The molecule has 0 radical (unpaired) electrons. The summed E-state index contributed by atoms with van der Waals surface area (Å²) < 4.78 is 27.7. The number of sulfonamides is 1. The molecule has 114 valence electrons. The standard InChI is InChI=1S/C14H20N4O2S/c1-4-11-5-7-12(8-6-11)18-21(19,20)14-10(2)16-17-13(14)9-15-3/h5-8,15,18H,4,9H2,1-3H3,(H,16,17). The van der Waals surface area contributed by atoms with Gasteiger partial charge in [0.1, 0.15) is 4.90 Å². The number of nitrogens with zero attached hydrogens (tertiary/aromatic N) is 1. The van der Waals surface area contributed by atoms with Crippen LogP contribution in [0.5, 0.6) is 0 Å². The van der Waals surface area contributed by atoms with E-state index in [2.05, 4.69) is 27.2 Å². The Morgan fingerprint density at radius 3 is 2.48 bits per heavy atom. The zero-order valence-electron chi connectivity index (χ0n) is 12.4. The third-order valence-electron chi connectivity index (χ3n) is 3.19. The molecule has 0 amide bonds. The molecular formula is C14H20N4O2S. The van der Waals surface area contributed by atoms with Crippen LogP contribution in [0.25, 0.3) is 0 Å². The summed E-state index contributed by atoms with van der Waals surface area (Å²) in [6.07, 6.45) is 0.917. The van der Waals surface area contributed by atoms with E-state index in [1.165, 1.54) is 0 Å². The van der Waals surface area contributed by atoms with Gasteiger partial charge in [-0.25, -0.2) is 8.42 Å². The van der Waals surface area contributed by atoms with Crippen LogP contribution in [0.4, 0.5) is 5.69 Å². The number of benzene rings is 1. The Hall–Kier alpha value is -1.86. The van der Waals surface area contributed by atoms with Crippen molar-refractivity contribution < 1.29 is 8.42 Å². The highest BCUT2D eigenvalue weighted by Gasteiger charge is 2.24. The summed E-state index contributed by atoms with van der Waals surface area (Å²) in [6.45, 7) is 4.13. The fourth-order valence-electron chi connectivity index (χ4n) is 2.13. The number of H-pyrrole nitrogens is 1. The predicted octanol–water partition coefficient (Wildman–Crippen LogP) is 1.80. The van der Waals surface area contributed by atoms with Crippen molar-refractivity contribution in [2.75, 3.05) is 11.8 Å². The van der Waals surface area contributed by atoms with Crippen LogP contribution in [0.15, 0.2) is 29.2 Å². The molecule has 0 saturated carbocycles. The van der Waals surface area contributed by atoms with Crippen molar-refractivity contribution in [3.05, 3.63) is 41.2 Å². The van der Waals surface area contributed by atoms with Gasteiger partial charge in [0.05, 0.1) is 11.4 Å². The topological polar surface area (TPSA) is 86.9 Å². The minimum Gasteiger partial charge on any atom is -0.314 e. The van der Waals surface area contributed by atoms with E-state index in [1.807, 2.05) is 12.1 Å². The lowest BCUT2D eigenvalue weighted by Crippen LogP contribution is -2.17. The monoisotopic (exact) mass is 308 g/mol. The van der Waals surface area contributed by atoms with Crippen LogP contribution >= 0.6 is 0 Å². The van der Waals surface area contributed by atoms with Crippen LogP contribution < -0.4 is 10.0 Å². The average molecular weight is 308 g/mol. The quantitative estimate of drug-likeness (QED) is 0.759. The molecule has 0 spiro atoms. The van der Waals surface area contributed by atoms with Crippen LogP contribution in [-0.4, -0.2) is 25.7 Å². The fourth-order valence-corrected chi connectivity index (χ4v) is 3.55. The van der Waals surface area contributed by atoms with Crippen molar-refractivity contribution in [1.82, 2.24) is 15.5 Å². The molecule has 2 rings (SSSR count). The molecule has 1 aromatic carbocycles. The van der Waals surface area contributed by atoms with E-state index >= 15 is 0 Å². The van der Waals surface area contributed by atoms with Crippen molar-refractivity contribution in [2.24, 2.45) is 0 Å². The van der Waals surface area contributed by atoms with E-state index in [4.69, 9.17) is 0 Å². The van der Waals surface area contributed by atoms with E-state index in [9.17, 15) is 8.42 Å². The van der Waals surface area contributed by atoms with E-state index in [1.54, 1.807) is 26.1 Å². The number of anilines is 1.